The Kier molecular flexibility index (Phi) is 4.26. The van der Waals surface area contributed by atoms with Gasteiger partial charge in [0.05, 0.1) is 0 Å². The highest BCUT2D eigenvalue weighted by Crippen LogP contribution is 2.40. The quantitative estimate of drug-likeness (QED) is 0.858. The number of hydrogen-bond acceptors (Lipinski definition) is 2. The molecule has 1 unspecified atom stereocenters. The highest BCUT2D eigenvalue weighted by Gasteiger charge is 2.24. The van der Waals surface area contributed by atoms with Gasteiger partial charge in [-0.2, -0.15) is 0 Å². The van der Waals surface area contributed by atoms with E-state index in [1.165, 1.54) is 35.2 Å². The third-order valence-corrected chi connectivity index (χ3v) is 4.48. The number of benzene rings is 2. The molecule has 21 heavy (non-hydrogen) atoms. The molecule has 0 bridgehead atoms. The number of nitrogens with zero attached hydrogens (tertiary/aromatic N) is 1. The predicted octanol–water partition coefficient (Wildman–Crippen LogP) is 3.77. The standard InChI is InChI=1S/C19H24N2/c1-20-13-7-11-17-16-9-4-3-8-15(16)14-21(2)19-12-6-5-10-18(17)19/h3-6,8-10,12,17,20H,7,11,13-14H2,1-2H3. The smallest absolute Gasteiger partial charge is 0.0429 e. The molecule has 2 aromatic rings. The Morgan fingerprint density at radius 3 is 2.57 bits per heavy atom. The average Bonchev–Trinajstić information content (AvgIpc) is 2.63. The molecule has 2 nitrogen and oxygen atoms in total. The van der Waals surface area contributed by atoms with Gasteiger partial charge in [0.2, 0.25) is 0 Å². The topological polar surface area (TPSA) is 15.3 Å². The van der Waals surface area contributed by atoms with Gasteiger partial charge in [0, 0.05) is 25.2 Å². The van der Waals surface area contributed by atoms with Crippen molar-refractivity contribution in [3.05, 3.63) is 65.2 Å². The second kappa shape index (κ2) is 6.31. The van der Waals surface area contributed by atoms with Gasteiger partial charge in [0.15, 0.2) is 0 Å². The fraction of sp³-hybridized carbons (Fsp3) is 0.368. The van der Waals surface area contributed by atoms with E-state index in [1.54, 1.807) is 0 Å². The van der Waals surface area contributed by atoms with Crippen molar-refractivity contribution in [1.82, 2.24) is 5.32 Å². The molecule has 2 heteroatoms. The van der Waals surface area contributed by atoms with Crippen molar-refractivity contribution >= 4 is 5.69 Å². The fourth-order valence-corrected chi connectivity index (χ4v) is 3.45. The number of nitrogens with one attached hydrogen (secondary N) is 1. The van der Waals surface area contributed by atoms with E-state index in [9.17, 15) is 0 Å². The van der Waals surface area contributed by atoms with Crippen LogP contribution in [0.4, 0.5) is 5.69 Å². The van der Waals surface area contributed by atoms with Crippen LogP contribution in [0.15, 0.2) is 48.5 Å². The minimum absolute atomic E-state index is 0.510. The van der Waals surface area contributed by atoms with Gasteiger partial charge in [-0.25, -0.2) is 0 Å². The maximum Gasteiger partial charge on any atom is 0.0429 e. The van der Waals surface area contributed by atoms with Crippen molar-refractivity contribution in [3.8, 4) is 0 Å². The van der Waals surface area contributed by atoms with E-state index < -0.39 is 0 Å². The molecule has 1 heterocycles. The average molecular weight is 280 g/mol. The highest BCUT2D eigenvalue weighted by molar-refractivity contribution is 5.60. The van der Waals surface area contributed by atoms with Crippen LogP contribution in [0.25, 0.3) is 0 Å². The number of anilines is 1. The molecule has 0 saturated heterocycles. The van der Waals surface area contributed by atoms with Crippen LogP contribution in [-0.2, 0) is 6.54 Å². The van der Waals surface area contributed by atoms with Gasteiger partial charge >= 0.3 is 0 Å². The highest BCUT2D eigenvalue weighted by atomic mass is 15.1. The third kappa shape index (κ3) is 2.81. The largest absolute Gasteiger partial charge is 0.370 e. The van der Waals surface area contributed by atoms with Gasteiger partial charge in [-0.1, -0.05) is 42.5 Å². The van der Waals surface area contributed by atoms with Crippen LogP contribution >= 0.6 is 0 Å². The minimum Gasteiger partial charge on any atom is -0.370 e. The Balaban J connectivity index is 2.05. The Bertz CT molecular complexity index is 606. The molecule has 2 aromatic carbocycles. The molecule has 0 amide bonds. The van der Waals surface area contributed by atoms with Crippen molar-refractivity contribution < 1.29 is 0 Å². The molecule has 3 rings (SSSR count). The Morgan fingerprint density at radius 2 is 1.76 bits per heavy atom. The number of rotatable bonds is 4. The lowest BCUT2D eigenvalue weighted by atomic mass is 9.85. The molecule has 110 valence electrons. The SMILES string of the molecule is CNCCCC1c2ccccc2CN(C)c2ccccc21. The molecule has 0 fully saturated rings. The summed E-state index contributed by atoms with van der Waals surface area (Å²) in [6, 6.07) is 17.8. The Labute approximate surface area is 127 Å². The summed E-state index contributed by atoms with van der Waals surface area (Å²) in [5.74, 6) is 0.510. The molecule has 1 aliphatic rings. The molecule has 1 aliphatic heterocycles. The molecule has 0 aliphatic carbocycles. The second-order valence-corrected chi connectivity index (χ2v) is 5.91. The van der Waals surface area contributed by atoms with Crippen LogP contribution in [-0.4, -0.2) is 20.6 Å². The van der Waals surface area contributed by atoms with Crippen molar-refractivity contribution in [2.45, 2.75) is 25.3 Å². The summed E-state index contributed by atoms with van der Waals surface area (Å²) >= 11 is 0. The van der Waals surface area contributed by atoms with Crippen LogP contribution in [0.5, 0.6) is 0 Å². The lowest BCUT2D eigenvalue weighted by molar-refractivity contribution is 0.629. The lowest BCUT2D eigenvalue weighted by Gasteiger charge is -2.22. The number of para-hydroxylation sites is 1. The van der Waals surface area contributed by atoms with Crippen molar-refractivity contribution in [1.29, 1.82) is 0 Å². The van der Waals surface area contributed by atoms with Crippen LogP contribution in [0.3, 0.4) is 0 Å². The molecule has 1 N–H and O–H groups in total. The molecule has 0 aromatic heterocycles. The van der Waals surface area contributed by atoms with Crippen LogP contribution < -0.4 is 10.2 Å². The van der Waals surface area contributed by atoms with Crippen molar-refractivity contribution in [2.24, 2.45) is 0 Å². The summed E-state index contributed by atoms with van der Waals surface area (Å²) in [5.41, 5.74) is 5.82. The fourth-order valence-electron chi connectivity index (χ4n) is 3.45. The molecule has 0 radical (unpaired) electrons. The summed E-state index contributed by atoms with van der Waals surface area (Å²) in [6.45, 7) is 2.08. The molecular formula is C19H24N2. The maximum absolute atomic E-state index is 3.27. The molecular weight excluding hydrogens is 256 g/mol. The first kappa shape index (κ1) is 14.2. The van der Waals surface area contributed by atoms with Gasteiger partial charge in [0.25, 0.3) is 0 Å². The van der Waals surface area contributed by atoms with Crippen LogP contribution in [0, 0.1) is 0 Å². The van der Waals surface area contributed by atoms with Crippen LogP contribution in [0.1, 0.15) is 35.4 Å². The van der Waals surface area contributed by atoms with Gasteiger partial charge < -0.3 is 10.2 Å². The minimum atomic E-state index is 0.510. The Hall–Kier alpha value is -1.80. The van der Waals surface area contributed by atoms with E-state index in [-0.39, 0.29) is 0 Å². The molecule has 0 spiro atoms. The van der Waals surface area contributed by atoms with E-state index in [1.807, 2.05) is 7.05 Å². The Morgan fingerprint density at radius 1 is 1.05 bits per heavy atom. The van der Waals surface area contributed by atoms with Gasteiger partial charge in [-0.05, 0) is 49.2 Å². The zero-order valence-corrected chi connectivity index (χ0v) is 13.0. The first-order valence-corrected chi connectivity index (χ1v) is 7.83. The summed E-state index contributed by atoms with van der Waals surface area (Å²) in [4.78, 5) is 2.38. The van der Waals surface area contributed by atoms with Crippen molar-refractivity contribution in [3.63, 3.8) is 0 Å². The summed E-state index contributed by atoms with van der Waals surface area (Å²) in [5, 5.41) is 3.27. The van der Waals surface area contributed by atoms with Gasteiger partial charge in [-0.15, -0.1) is 0 Å². The lowest BCUT2D eigenvalue weighted by Crippen LogP contribution is -2.16. The first-order valence-electron chi connectivity index (χ1n) is 7.83. The van der Waals surface area contributed by atoms with Crippen LogP contribution in [0.2, 0.25) is 0 Å². The molecule has 0 saturated carbocycles. The van der Waals surface area contributed by atoms with E-state index in [4.69, 9.17) is 0 Å². The summed E-state index contributed by atoms with van der Waals surface area (Å²) in [6.07, 6.45) is 2.40. The first-order chi connectivity index (χ1) is 10.3. The van der Waals surface area contributed by atoms with E-state index in [2.05, 4.69) is 65.8 Å². The van der Waals surface area contributed by atoms with Crippen molar-refractivity contribution in [2.75, 3.05) is 25.5 Å². The van der Waals surface area contributed by atoms with E-state index in [0.717, 1.165) is 13.1 Å². The predicted molar refractivity (Wildman–Crippen MR) is 90.0 cm³/mol. The summed E-state index contributed by atoms with van der Waals surface area (Å²) in [7, 11) is 4.23. The zero-order valence-electron chi connectivity index (χ0n) is 13.0. The monoisotopic (exact) mass is 280 g/mol. The number of fused-ring (bicyclic) bond motifs is 2. The second-order valence-electron chi connectivity index (χ2n) is 5.91. The normalized spacial score (nSPS) is 17.0. The summed E-state index contributed by atoms with van der Waals surface area (Å²) < 4.78 is 0. The van der Waals surface area contributed by atoms with E-state index in [0.29, 0.717) is 5.92 Å². The van der Waals surface area contributed by atoms with Gasteiger partial charge in [-0.3, -0.25) is 0 Å². The maximum atomic E-state index is 3.27. The zero-order chi connectivity index (χ0) is 14.7. The molecule has 1 atom stereocenters. The third-order valence-electron chi connectivity index (χ3n) is 4.48. The van der Waals surface area contributed by atoms with E-state index >= 15 is 0 Å². The number of hydrogen-bond donors (Lipinski definition) is 1. The van der Waals surface area contributed by atoms with Gasteiger partial charge in [0.1, 0.15) is 0 Å².